The lowest BCUT2D eigenvalue weighted by atomic mass is 10.3. The number of carbonyl (C=O) groups is 1. The molecule has 1 fully saturated rings. The smallest absolute Gasteiger partial charge is 0.268 e. The Labute approximate surface area is 123 Å². The number of hydrogen-bond donors (Lipinski definition) is 2. The maximum absolute atomic E-state index is 12.2. The monoisotopic (exact) mass is 339 g/mol. The molecule has 2 aromatic rings. The van der Waals surface area contributed by atoms with E-state index in [4.69, 9.17) is 5.73 Å². The summed E-state index contributed by atoms with van der Waals surface area (Å²) in [5.74, 6) is -0.0619. The van der Waals surface area contributed by atoms with E-state index in [0.717, 1.165) is 21.5 Å². The first-order chi connectivity index (χ1) is 9.13. The summed E-state index contributed by atoms with van der Waals surface area (Å²) in [4.78, 5) is 13.3. The van der Waals surface area contributed by atoms with Gasteiger partial charge in [-0.25, -0.2) is 0 Å². The van der Waals surface area contributed by atoms with Crippen LogP contribution in [-0.2, 0) is 6.54 Å². The fourth-order valence-electron chi connectivity index (χ4n) is 2.04. The number of nitrogen functional groups attached to an aromatic ring is 1. The molecule has 100 valence electrons. The highest BCUT2D eigenvalue weighted by Gasteiger charge is 2.27. The zero-order chi connectivity index (χ0) is 13.4. The van der Waals surface area contributed by atoms with Gasteiger partial charge in [-0.3, -0.25) is 4.79 Å². The average Bonchev–Trinajstić information content (AvgIpc) is 3.03. The number of anilines is 1. The molecule has 4 nitrogen and oxygen atoms in total. The molecule has 1 aliphatic carbocycles. The predicted molar refractivity (Wildman–Crippen MR) is 80.3 cm³/mol. The first-order valence-electron chi connectivity index (χ1n) is 6.13. The van der Waals surface area contributed by atoms with Gasteiger partial charge in [0.1, 0.15) is 5.69 Å². The van der Waals surface area contributed by atoms with Crippen LogP contribution in [0.15, 0.2) is 28.2 Å². The molecule has 3 rings (SSSR count). The molecule has 19 heavy (non-hydrogen) atoms. The third-order valence-electron chi connectivity index (χ3n) is 3.09. The minimum Gasteiger partial charge on any atom is -0.397 e. The number of hydrogen-bond acceptors (Lipinski definition) is 3. The van der Waals surface area contributed by atoms with Crippen molar-refractivity contribution < 1.29 is 4.79 Å². The molecule has 1 amide bonds. The Morgan fingerprint density at radius 3 is 2.95 bits per heavy atom. The van der Waals surface area contributed by atoms with Gasteiger partial charge in [0.25, 0.3) is 5.91 Å². The van der Waals surface area contributed by atoms with Crippen LogP contribution in [0.4, 0.5) is 5.69 Å². The number of thiophene rings is 1. The van der Waals surface area contributed by atoms with Gasteiger partial charge in [0, 0.05) is 17.1 Å². The van der Waals surface area contributed by atoms with Gasteiger partial charge in [-0.15, -0.1) is 11.3 Å². The lowest BCUT2D eigenvalue weighted by Crippen LogP contribution is -2.24. The van der Waals surface area contributed by atoms with Crippen molar-refractivity contribution in [1.82, 2.24) is 9.88 Å². The summed E-state index contributed by atoms with van der Waals surface area (Å²) in [6, 6.07) is 6.19. The van der Waals surface area contributed by atoms with E-state index in [0.29, 0.717) is 24.0 Å². The van der Waals surface area contributed by atoms with Gasteiger partial charge in [-0.05, 0) is 47.0 Å². The summed E-state index contributed by atoms with van der Waals surface area (Å²) in [6.07, 6.45) is 4.12. The Morgan fingerprint density at radius 2 is 2.32 bits per heavy atom. The van der Waals surface area contributed by atoms with Gasteiger partial charge in [-0.2, -0.15) is 0 Å². The van der Waals surface area contributed by atoms with Crippen molar-refractivity contribution in [2.45, 2.75) is 25.4 Å². The third-order valence-corrected chi connectivity index (χ3v) is 4.72. The van der Waals surface area contributed by atoms with E-state index in [1.165, 1.54) is 0 Å². The summed E-state index contributed by atoms with van der Waals surface area (Å²) in [5.41, 5.74) is 7.10. The number of rotatable bonds is 4. The summed E-state index contributed by atoms with van der Waals surface area (Å²) in [7, 11) is 0. The van der Waals surface area contributed by atoms with Crippen LogP contribution in [0.3, 0.4) is 0 Å². The van der Waals surface area contributed by atoms with Crippen molar-refractivity contribution in [3.8, 4) is 0 Å². The molecule has 1 aliphatic rings. The van der Waals surface area contributed by atoms with E-state index < -0.39 is 0 Å². The normalized spacial score (nSPS) is 14.6. The van der Waals surface area contributed by atoms with Crippen LogP contribution in [0.5, 0.6) is 0 Å². The van der Waals surface area contributed by atoms with Crippen LogP contribution >= 0.6 is 27.3 Å². The first-order valence-corrected chi connectivity index (χ1v) is 7.74. The van der Waals surface area contributed by atoms with Crippen LogP contribution in [0, 0.1) is 0 Å². The maximum atomic E-state index is 12.2. The largest absolute Gasteiger partial charge is 0.397 e. The van der Waals surface area contributed by atoms with Crippen molar-refractivity contribution in [3.05, 3.63) is 38.8 Å². The first kappa shape index (κ1) is 12.7. The second-order valence-electron chi connectivity index (χ2n) is 4.69. The van der Waals surface area contributed by atoms with E-state index in [1.807, 2.05) is 22.9 Å². The van der Waals surface area contributed by atoms with Gasteiger partial charge in [-0.1, -0.05) is 0 Å². The zero-order valence-corrected chi connectivity index (χ0v) is 12.6. The van der Waals surface area contributed by atoms with Crippen molar-refractivity contribution in [1.29, 1.82) is 0 Å². The second kappa shape index (κ2) is 5.02. The molecule has 0 aromatic carbocycles. The van der Waals surface area contributed by atoms with E-state index in [2.05, 4.69) is 21.2 Å². The highest BCUT2D eigenvalue weighted by Crippen LogP contribution is 2.37. The fourth-order valence-corrected chi connectivity index (χ4v) is 3.47. The zero-order valence-electron chi connectivity index (χ0n) is 10.2. The van der Waals surface area contributed by atoms with Gasteiger partial charge in [0.15, 0.2) is 0 Å². The van der Waals surface area contributed by atoms with E-state index in [1.54, 1.807) is 17.4 Å². The number of halogens is 1. The van der Waals surface area contributed by atoms with Crippen LogP contribution in [0.25, 0.3) is 0 Å². The van der Waals surface area contributed by atoms with Gasteiger partial charge in [0.05, 0.1) is 16.0 Å². The summed E-state index contributed by atoms with van der Waals surface area (Å²) in [6.45, 7) is 0.546. The van der Waals surface area contributed by atoms with E-state index in [9.17, 15) is 4.79 Å². The fraction of sp³-hybridized carbons (Fsp3) is 0.308. The van der Waals surface area contributed by atoms with Crippen molar-refractivity contribution >= 4 is 38.9 Å². The average molecular weight is 340 g/mol. The van der Waals surface area contributed by atoms with Gasteiger partial charge < -0.3 is 15.6 Å². The molecule has 0 bridgehead atoms. The molecule has 0 atom stereocenters. The Kier molecular flexibility index (Phi) is 3.36. The highest BCUT2D eigenvalue weighted by atomic mass is 79.9. The van der Waals surface area contributed by atoms with Crippen LogP contribution < -0.4 is 11.1 Å². The van der Waals surface area contributed by atoms with Crippen LogP contribution in [0.1, 0.15) is 34.2 Å². The van der Waals surface area contributed by atoms with E-state index in [-0.39, 0.29) is 5.91 Å². The third kappa shape index (κ3) is 2.84. The summed E-state index contributed by atoms with van der Waals surface area (Å²) in [5, 5.41) is 2.94. The molecule has 1 saturated carbocycles. The molecule has 0 aliphatic heterocycles. The van der Waals surface area contributed by atoms with Gasteiger partial charge >= 0.3 is 0 Å². The van der Waals surface area contributed by atoms with Gasteiger partial charge in [0.2, 0.25) is 0 Å². The number of aromatic nitrogens is 1. The molecule has 0 unspecified atom stereocenters. The Hall–Kier alpha value is -1.27. The summed E-state index contributed by atoms with van der Waals surface area (Å²) < 4.78 is 3.07. The molecule has 2 aromatic heterocycles. The van der Waals surface area contributed by atoms with Crippen molar-refractivity contribution in [2.24, 2.45) is 0 Å². The lowest BCUT2D eigenvalue weighted by molar-refractivity contribution is 0.0942. The molecule has 6 heteroatoms. The quantitative estimate of drug-likeness (QED) is 0.898. The number of carbonyl (C=O) groups excluding carboxylic acids is 1. The molecular formula is C13H14BrN3OS. The predicted octanol–water partition coefficient (Wildman–Crippen LogP) is 3.16. The van der Waals surface area contributed by atoms with Crippen LogP contribution in [-0.4, -0.2) is 10.5 Å². The SMILES string of the molecule is Nc1cc(C(=O)NCc2ccc(Br)s2)n(C2CC2)c1. The molecule has 0 saturated heterocycles. The molecule has 0 spiro atoms. The molecule has 2 heterocycles. The Morgan fingerprint density at radius 1 is 1.53 bits per heavy atom. The Balaban J connectivity index is 1.70. The Bertz CT molecular complexity index is 615. The summed E-state index contributed by atoms with van der Waals surface area (Å²) >= 11 is 5.03. The number of nitrogens with two attached hydrogens (primary N) is 1. The minimum atomic E-state index is -0.0619. The number of nitrogens with zero attached hydrogens (tertiary/aromatic N) is 1. The maximum Gasteiger partial charge on any atom is 0.268 e. The highest BCUT2D eigenvalue weighted by molar-refractivity contribution is 9.11. The standard InChI is InChI=1S/C13H14BrN3OS/c14-12-4-3-10(19-12)6-16-13(18)11-5-8(15)7-17(11)9-1-2-9/h3-5,7,9H,1-2,6,15H2,(H,16,18). The minimum absolute atomic E-state index is 0.0619. The van der Waals surface area contributed by atoms with Crippen LogP contribution in [0.2, 0.25) is 0 Å². The lowest BCUT2D eigenvalue weighted by Gasteiger charge is -2.07. The molecule has 0 radical (unpaired) electrons. The van der Waals surface area contributed by atoms with Crippen molar-refractivity contribution in [3.63, 3.8) is 0 Å². The second-order valence-corrected chi connectivity index (χ2v) is 7.23. The molecular weight excluding hydrogens is 326 g/mol. The topological polar surface area (TPSA) is 60.1 Å². The number of nitrogens with one attached hydrogen (secondary N) is 1. The van der Waals surface area contributed by atoms with E-state index >= 15 is 0 Å². The molecule has 3 N–H and O–H groups in total. The number of amides is 1. The van der Waals surface area contributed by atoms with Crippen molar-refractivity contribution in [2.75, 3.05) is 5.73 Å².